The zero-order valence-electron chi connectivity index (χ0n) is 10.8. The van der Waals surface area contributed by atoms with E-state index >= 15 is 0 Å². The summed E-state index contributed by atoms with van der Waals surface area (Å²) in [5.41, 5.74) is 0.190. The van der Waals surface area contributed by atoms with Gasteiger partial charge in [-0.25, -0.2) is 0 Å². The SMILES string of the molecule is Cc1ccc(OS(=O)(=O)c2ccccc2Cl)c([N+](=O)[O-])c1. The number of nitro groups is 1. The number of halogens is 1. The van der Waals surface area contributed by atoms with Crippen LogP contribution in [0, 0.1) is 17.0 Å². The van der Waals surface area contributed by atoms with E-state index in [2.05, 4.69) is 0 Å². The maximum absolute atomic E-state index is 12.2. The molecule has 0 heterocycles. The van der Waals surface area contributed by atoms with E-state index in [4.69, 9.17) is 15.8 Å². The van der Waals surface area contributed by atoms with Crippen LogP contribution in [0.25, 0.3) is 0 Å². The first kappa shape index (κ1) is 15.3. The van der Waals surface area contributed by atoms with Gasteiger partial charge in [-0.15, -0.1) is 0 Å². The molecule has 110 valence electrons. The van der Waals surface area contributed by atoms with Crippen LogP contribution in [0.1, 0.15) is 5.56 Å². The van der Waals surface area contributed by atoms with Crippen LogP contribution < -0.4 is 4.18 Å². The number of nitro benzene ring substituents is 1. The molecular weight excluding hydrogens is 318 g/mol. The van der Waals surface area contributed by atoms with Crippen LogP contribution in [-0.2, 0) is 10.1 Å². The van der Waals surface area contributed by atoms with Crippen molar-refractivity contribution >= 4 is 27.4 Å². The number of hydrogen-bond donors (Lipinski definition) is 0. The highest BCUT2D eigenvalue weighted by Gasteiger charge is 2.25. The highest BCUT2D eigenvalue weighted by atomic mass is 35.5. The standard InChI is InChI=1S/C13H10ClNO5S/c1-9-6-7-12(11(8-9)15(16)17)20-21(18,19)13-5-3-2-4-10(13)14/h2-8H,1H3. The van der Waals surface area contributed by atoms with Crippen molar-refractivity contribution in [1.82, 2.24) is 0 Å². The minimum absolute atomic E-state index is 0.0211. The maximum atomic E-state index is 12.2. The molecule has 0 atom stereocenters. The highest BCUT2D eigenvalue weighted by Crippen LogP contribution is 2.31. The second-order valence-corrected chi connectivity index (χ2v) is 6.12. The molecule has 8 heteroatoms. The van der Waals surface area contributed by atoms with E-state index < -0.39 is 20.7 Å². The maximum Gasteiger partial charge on any atom is 0.340 e. The third-order valence-electron chi connectivity index (χ3n) is 2.62. The fourth-order valence-corrected chi connectivity index (χ4v) is 3.09. The third kappa shape index (κ3) is 3.32. The lowest BCUT2D eigenvalue weighted by atomic mass is 10.2. The van der Waals surface area contributed by atoms with Crippen LogP contribution in [0.4, 0.5) is 5.69 Å². The number of benzene rings is 2. The van der Waals surface area contributed by atoms with Gasteiger partial charge in [0.2, 0.25) is 5.75 Å². The average Bonchev–Trinajstić information content (AvgIpc) is 2.40. The Labute approximate surface area is 126 Å². The summed E-state index contributed by atoms with van der Waals surface area (Å²) in [5, 5.41) is 10.9. The topological polar surface area (TPSA) is 86.5 Å². The van der Waals surface area contributed by atoms with Gasteiger partial charge in [0, 0.05) is 6.07 Å². The summed E-state index contributed by atoms with van der Waals surface area (Å²) in [5.74, 6) is -0.356. The van der Waals surface area contributed by atoms with E-state index in [1.165, 1.54) is 36.4 Å². The first-order chi connectivity index (χ1) is 9.81. The normalized spacial score (nSPS) is 11.1. The summed E-state index contributed by atoms with van der Waals surface area (Å²) in [6.07, 6.45) is 0. The van der Waals surface area contributed by atoms with Gasteiger partial charge in [0.05, 0.1) is 9.95 Å². The summed E-state index contributed by atoms with van der Waals surface area (Å²) >= 11 is 5.81. The molecular formula is C13H10ClNO5S. The molecule has 0 bridgehead atoms. The summed E-state index contributed by atoms with van der Waals surface area (Å²) < 4.78 is 29.2. The predicted octanol–water partition coefficient (Wildman–Crippen LogP) is 3.32. The van der Waals surface area contributed by atoms with Gasteiger partial charge in [0.1, 0.15) is 4.90 Å². The molecule has 21 heavy (non-hydrogen) atoms. The van der Waals surface area contributed by atoms with Gasteiger partial charge in [-0.2, -0.15) is 8.42 Å². The largest absolute Gasteiger partial charge is 0.372 e. The Bertz CT molecular complexity index is 804. The smallest absolute Gasteiger partial charge is 0.340 e. The molecule has 2 rings (SSSR count). The molecule has 0 unspecified atom stereocenters. The van der Waals surface area contributed by atoms with E-state index in [0.29, 0.717) is 5.56 Å². The molecule has 0 saturated heterocycles. The van der Waals surface area contributed by atoms with Gasteiger partial charge in [-0.1, -0.05) is 29.8 Å². The van der Waals surface area contributed by atoms with Gasteiger partial charge in [0.25, 0.3) is 0 Å². The molecule has 0 aliphatic carbocycles. The Morgan fingerprint density at radius 3 is 2.48 bits per heavy atom. The summed E-state index contributed by atoms with van der Waals surface area (Å²) in [6, 6.07) is 9.68. The number of aryl methyl sites for hydroxylation is 1. The lowest BCUT2D eigenvalue weighted by Gasteiger charge is -2.08. The van der Waals surface area contributed by atoms with Crippen molar-refractivity contribution in [3.05, 3.63) is 63.2 Å². The van der Waals surface area contributed by atoms with Crippen LogP contribution >= 0.6 is 11.6 Å². The Morgan fingerprint density at radius 1 is 1.19 bits per heavy atom. The highest BCUT2D eigenvalue weighted by molar-refractivity contribution is 7.87. The molecule has 0 radical (unpaired) electrons. The zero-order valence-corrected chi connectivity index (χ0v) is 12.4. The fraction of sp³-hybridized carbons (Fsp3) is 0.0769. The predicted molar refractivity (Wildman–Crippen MR) is 77.1 cm³/mol. The van der Waals surface area contributed by atoms with Gasteiger partial charge in [-0.3, -0.25) is 10.1 Å². The Balaban J connectivity index is 2.47. The first-order valence-electron chi connectivity index (χ1n) is 5.75. The molecule has 0 amide bonds. The number of hydrogen-bond acceptors (Lipinski definition) is 5. The molecule has 2 aromatic carbocycles. The summed E-state index contributed by atoms with van der Waals surface area (Å²) in [7, 11) is -4.25. The minimum atomic E-state index is -4.25. The fourth-order valence-electron chi connectivity index (χ4n) is 1.65. The molecule has 0 fully saturated rings. The zero-order chi connectivity index (χ0) is 15.6. The molecule has 0 aliphatic rings. The lowest BCUT2D eigenvalue weighted by Crippen LogP contribution is -2.11. The van der Waals surface area contributed by atoms with E-state index in [9.17, 15) is 18.5 Å². The number of rotatable bonds is 4. The van der Waals surface area contributed by atoms with Crippen molar-refractivity contribution in [3.8, 4) is 5.75 Å². The third-order valence-corrected chi connectivity index (χ3v) is 4.35. The Hall–Kier alpha value is -2.12. The molecule has 0 aromatic heterocycles. The van der Waals surface area contributed by atoms with Gasteiger partial charge < -0.3 is 4.18 Å². The first-order valence-corrected chi connectivity index (χ1v) is 7.54. The Morgan fingerprint density at radius 2 is 1.86 bits per heavy atom. The van der Waals surface area contributed by atoms with Gasteiger partial charge in [0.15, 0.2) is 0 Å². The summed E-state index contributed by atoms with van der Waals surface area (Å²) in [6.45, 7) is 1.65. The van der Waals surface area contributed by atoms with Crippen molar-refractivity contribution in [1.29, 1.82) is 0 Å². The van der Waals surface area contributed by atoms with Crippen molar-refractivity contribution in [2.45, 2.75) is 11.8 Å². The quantitative estimate of drug-likeness (QED) is 0.488. The molecule has 0 spiro atoms. The van der Waals surface area contributed by atoms with Crippen LogP contribution in [0.3, 0.4) is 0 Å². The van der Waals surface area contributed by atoms with Crippen molar-refractivity contribution < 1.29 is 17.5 Å². The minimum Gasteiger partial charge on any atom is -0.372 e. The average molecular weight is 328 g/mol. The van der Waals surface area contributed by atoms with Crippen LogP contribution in [-0.4, -0.2) is 13.3 Å². The molecule has 0 aliphatic heterocycles. The van der Waals surface area contributed by atoms with E-state index in [1.54, 1.807) is 13.0 Å². The van der Waals surface area contributed by atoms with Crippen molar-refractivity contribution in [3.63, 3.8) is 0 Å². The van der Waals surface area contributed by atoms with Gasteiger partial charge >= 0.3 is 15.8 Å². The van der Waals surface area contributed by atoms with E-state index in [-0.39, 0.29) is 15.7 Å². The monoisotopic (exact) mass is 327 g/mol. The lowest BCUT2D eigenvalue weighted by molar-refractivity contribution is -0.385. The van der Waals surface area contributed by atoms with Gasteiger partial charge in [-0.05, 0) is 30.7 Å². The second kappa shape index (κ2) is 5.71. The summed E-state index contributed by atoms with van der Waals surface area (Å²) in [4.78, 5) is 10.0. The van der Waals surface area contributed by atoms with E-state index in [1.807, 2.05) is 0 Å². The molecule has 0 saturated carbocycles. The van der Waals surface area contributed by atoms with E-state index in [0.717, 1.165) is 0 Å². The van der Waals surface area contributed by atoms with Crippen LogP contribution in [0.15, 0.2) is 47.4 Å². The van der Waals surface area contributed by atoms with Crippen molar-refractivity contribution in [2.24, 2.45) is 0 Å². The molecule has 6 nitrogen and oxygen atoms in total. The van der Waals surface area contributed by atoms with Crippen molar-refractivity contribution in [2.75, 3.05) is 0 Å². The van der Waals surface area contributed by atoms with Crippen LogP contribution in [0.2, 0.25) is 5.02 Å². The number of nitrogens with zero attached hydrogens (tertiary/aromatic N) is 1. The van der Waals surface area contributed by atoms with Crippen LogP contribution in [0.5, 0.6) is 5.75 Å². The Kier molecular flexibility index (Phi) is 4.15. The second-order valence-electron chi connectivity index (χ2n) is 4.20. The molecule has 0 N–H and O–H groups in total. The molecule has 2 aromatic rings.